The second-order valence-corrected chi connectivity index (χ2v) is 9.01. The van der Waals surface area contributed by atoms with E-state index in [2.05, 4.69) is 21.1 Å². The zero-order valence-corrected chi connectivity index (χ0v) is 17.0. The van der Waals surface area contributed by atoms with Crippen molar-refractivity contribution in [2.45, 2.75) is 36.7 Å². The number of hydrogen-bond acceptors (Lipinski definition) is 5. The van der Waals surface area contributed by atoms with E-state index in [1.807, 2.05) is 0 Å². The fourth-order valence-corrected chi connectivity index (χ4v) is 3.95. The van der Waals surface area contributed by atoms with Gasteiger partial charge in [0.25, 0.3) is 0 Å². The Morgan fingerprint density at radius 2 is 1.81 bits per heavy atom. The van der Waals surface area contributed by atoms with Crippen molar-refractivity contribution >= 4 is 21.6 Å². The van der Waals surface area contributed by atoms with E-state index >= 15 is 0 Å². The van der Waals surface area contributed by atoms with Gasteiger partial charge in [-0.25, -0.2) is 4.39 Å². The van der Waals surface area contributed by atoms with E-state index in [1.54, 1.807) is 18.2 Å². The lowest BCUT2D eigenvalue weighted by molar-refractivity contribution is -0.0509. The molecular weight excluding hydrogens is 436 g/mol. The maximum Gasteiger partial charge on any atom is 0.534 e. The molecule has 0 radical (unpaired) electrons. The summed E-state index contributed by atoms with van der Waals surface area (Å²) in [6, 6.07) is 9.05. The van der Waals surface area contributed by atoms with Gasteiger partial charge in [-0.15, -0.1) is 0 Å². The monoisotopic (exact) mass is 454 g/mol. The molecule has 1 heterocycles. The molecular formula is C21H18F4N2O3S. The molecule has 2 aromatic rings. The molecule has 2 aliphatic rings. The predicted octanol–water partition coefficient (Wildman–Crippen LogP) is 4.62. The minimum absolute atomic E-state index is 0.219. The first-order chi connectivity index (χ1) is 14.5. The Hall–Kier alpha value is -2.88. The van der Waals surface area contributed by atoms with E-state index in [4.69, 9.17) is 0 Å². The standard InChI is InChI=1S/C21H18F4N2O3S/c1-13(14-5-7-15(22)8-6-14)27-20(11-12-20)19-10-9-16-17(26-19)3-2-4-18(16)30-31(28,29)21(23,24)25/h4-10,27H,1-3,11-12H2. The van der Waals surface area contributed by atoms with Gasteiger partial charge in [0.1, 0.15) is 11.6 Å². The Balaban J connectivity index is 1.57. The van der Waals surface area contributed by atoms with Crippen molar-refractivity contribution in [3.8, 4) is 0 Å². The Labute approximate surface area is 176 Å². The van der Waals surface area contributed by atoms with Gasteiger partial charge in [0.15, 0.2) is 0 Å². The number of aromatic nitrogens is 1. The average Bonchev–Trinajstić information content (AvgIpc) is 3.48. The smallest absolute Gasteiger partial charge is 0.376 e. The average molecular weight is 454 g/mol. The molecule has 0 bridgehead atoms. The Morgan fingerprint density at radius 3 is 2.42 bits per heavy atom. The molecule has 0 amide bonds. The third-order valence-electron chi connectivity index (χ3n) is 5.26. The number of benzene rings is 1. The van der Waals surface area contributed by atoms with E-state index < -0.39 is 21.2 Å². The second kappa shape index (κ2) is 7.37. The maximum absolute atomic E-state index is 13.2. The van der Waals surface area contributed by atoms with Crippen LogP contribution in [0.3, 0.4) is 0 Å². The van der Waals surface area contributed by atoms with Crippen molar-refractivity contribution in [3.05, 3.63) is 77.4 Å². The van der Waals surface area contributed by atoms with Gasteiger partial charge >= 0.3 is 15.6 Å². The van der Waals surface area contributed by atoms with Crippen LogP contribution in [0.1, 0.15) is 41.8 Å². The molecule has 10 heteroatoms. The lowest BCUT2D eigenvalue weighted by Gasteiger charge is -2.23. The van der Waals surface area contributed by atoms with Gasteiger partial charge in [0.05, 0.1) is 16.9 Å². The Bertz CT molecular complexity index is 1170. The van der Waals surface area contributed by atoms with Crippen molar-refractivity contribution in [1.82, 2.24) is 10.3 Å². The minimum Gasteiger partial charge on any atom is -0.376 e. The van der Waals surface area contributed by atoms with Gasteiger partial charge in [0, 0.05) is 11.3 Å². The zero-order chi connectivity index (χ0) is 22.4. The summed E-state index contributed by atoms with van der Waals surface area (Å²) >= 11 is 0. The summed E-state index contributed by atoms with van der Waals surface area (Å²) in [6.45, 7) is 4.00. The van der Waals surface area contributed by atoms with E-state index in [1.165, 1.54) is 24.3 Å². The number of alkyl halides is 3. The van der Waals surface area contributed by atoms with Crippen LogP contribution in [0, 0.1) is 5.82 Å². The lowest BCUT2D eigenvalue weighted by Crippen LogP contribution is -2.29. The summed E-state index contributed by atoms with van der Waals surface area (Å²) in [6.07, 6.45) is 3.59. The number of halogens is 4. The highest BCUT2D eigenvalue weighted by atomic mass is 32.2. The molecule has 2 aliphatic carbocycles. The zero-order valence-electron chi connectivity index (χ0n) is 16.2. The highest BCUT2D eigenvalue weighted by molar-refractivity contribution is 7.87. The number of aryl methyl sites for hydroxylation is 1. The third kappa shape index (κ3) is 4.16. The summed E-state index contributed by atoms with van der Waals surface area (Å²) in [5.74, 6) is -0.723. The van der Waals surface area contributed by atoms with E-state index in [-0.39, 0.29) is 17.1 Å². The van der Waals surface area contributed by atoms with Gasteiger partial charge in [-0.2, -0.15) is 21.6 Å². The molecule has 31 heavy (non-hydrogen) atoms. The van der Waals surface area contributed by atoms with Gasteiger partial charge in [-0.05, 0) is 61.6 Å². The van der Waals surface area contributed by atoms with Crippen molar-refractivity contribution in [2.24, 2.45) is 0 Å². The Kier molecular flexibility index (Phi) is 5.07. The van der Waals surface area contributed by atoms with Crippen LogP contribution in [-0.2, 0) is 26.3 Å². The number of rotatable bonds is 6. The number of pyridine rings is 1. The van der Waals surface area contributed by atoms with Crippen LogP contribution in [0.5, 0.6) is 0 Å². The van der Waals surface area contributed by atoms with Crippen LogP contribution in [0.2, 0.25) is 0 Å². The molecule has 5 nitrogen and oxygen atoms in total. The summed E-state index contributed by atoms with van der Waals surface area (Å²) in [4.78, 5) is 4.59. The largest absolute Gasteiger partial charge is 0.534 e. The van der Waals surface area contributed by atoms with E-state index in [9.17, 15) is 26.0 Å². The van der Waals surface area contributed by atoms with Gasteiger partial charge in [0.2, 0.25) is 0 Å². The number of fused-ring (bicyclic) bond motifs is 1. The first-order valence-electron chi connectivity index (χ1n) is 9.45. The van der Waals surface area contributed by atoms with Crippen LogP contribution in [0.25, 0.3) is 11.5 Å². The topological polar surface area (TPSA) is 68.3 Å². The molecule has 1 N–H and O–H groups in total. The molecule has 1 aromatic heterocycles. The summed E-state index contributed by atoms with van der Waals surface area (Å²) in [5.41, 5.74) is -3.32. The quantitative estimate of drug-likeness (QED) is 0.392. The molecule has 1 aromatic carbocycles. The molecule has 0 spiro atoms. The maximum atomic E-state index is 13.2. The van der Waals surface area contributed by atoms with Gasteiger partial charge in [-0.3, -0.25) is 4.98 Å². The number of hydrogen-bond donors (Lipinski definition) is 1. The molecule has 0 aliphatic heterocycles. The van der Waals surface area contributed by atoms with E-state index in [0.29, 0.717) is 29.9 Å². The van der Waals surface area contributed by atoms with Crippen LogP contribution < -0.4 is 5.32 Å². The molecule has 0 atom stereocenters. The fourth-order valence-electron chi connectivity index (χ4n) is 3.46. The van der Waals surface area contributed by atoms with Crippen molar-refractivity contribution in [3.63, 3.8) is 0 Å². The fraction of sp³-hybridized carbons (Fsp3) is 0.286. The van der Waals surface area contributed by atoms with Crippen LogP contribution >= 0.6 is 0 Å². The lowest BCUT2D eigenvalue weighted by atomic mass is 9.99. The first kappa shape index (κ1) is 21.4. The van der Waals surface area contributed by atoms with E-state index in [0.717, 1.165) is 18.4 Å². The highest BCUT2D eigenvalue weighted by Gasteiger charge is 2.49. The van der Waals surface area contributed by atoms with Gasteiger partial charge in [-0.1, -0.05) is 18.7 Å². The van der Waals surface area contributed by atoms with Crippen LogP contribution in [0.15, 0.2) is 49.1 Å². The van der Waals surface area contributed by atoms with Gasteiger partial charge < -0.3 is 9.50 Å². The van der Waals surface area contributed by atoms with Crippen LogP contribution in [-0.4, -0.2) is 18.9 Å². The summed E-state index contributed by atoms with van der Waals surface area (Å²) in [5, 5.41) is 3.33. The summed E-state index contributed by atoms with van der Waals surface area (Å²) in [7, 11) is -5.76. The third-order valence-corrected chi connectivity index (χ3v) is 6.22. The molecule has 4 rings (SSSR count). The van der Waals surface area contributed by atoms with Crippen molar-refractivity contribution < 1.29 is 30.2 Å². The number of nitrogens with zero attached hydrogens (tertiary/aromatic N) is 1. The number of allylic oxidation sites excluding steroid dienone is 1. The van der Waals surface area contributed by atoms with Crippen molar-refractivity contribution in [1.29, 1.82) is 0 Å². The Morgan fingerprint density at radius 1 is 1.13 bits per heavy atom. The summed E-state index contributed by atoms with van der Waals surface area (Å²) < 4.78 is 78.3. The van der Waals surface area contributed by atoms with Crippen molar-refractivity contribution in [2.75, 3.05) is 0 Å². The number of nitrogens with one attached hydrogen (secondary N) is 1. The highest BCUT2D eigenvalue weighted by Crippen LogP contribution is 2.47. The second-order valence-electron chi connectivity index (χ2n) is 7.47. The minimum atomic E-state index is -5.76. The molecule has 1 fully saturated rings. The molecule has 0 saturated heterocycles. The molecule has 0 unspecified atom stereocenters. The normalized spacial score (nSPS) is 17.4. The van der Waals surface area contributed by atoms with Crippen LogP contribution in [0.4, 0.5) is 17.6 Å². The SMILES string of the molecule is C=C(NC1(c2ccc3c(n2)CCC=C3OS(=O)(=O)C(F)(F)F)CC1)c1ccc(F)cc1. The first-order valence-corrected chi connectivity index (χ1v) is 10.9. The predicted molar refractivity (Wildman–Crippen MR) is 106 cm³/mol. The molecule has 1 saturated carbocycles. The molecule has 164 valence electrons.